The first-order valence-corrected chi connectivity index (χ1v) is 30.0. The van der Waals surface area contributed by atoms with Crippen molar-refractivity contribution in [3.8, 4) is 44.5 Å². The molecule has 448 valence electrons. The number of nitrogens with zero attached hydrogens (tertiary/aromatic N) is 12. The highest BCUT2D eigenvalue weighted by Crippen LogP contribution is 2.50. The Morgan fingerprint density at radius 2 is 0.556 bits per heavy atom. The van der Waals surface area contributed by atoms with Gasteiger partial charge in [0, 0.05) is 34.1 Å². The SMILES string of the molecule is CC(C)Cn1nc2c(-c3ccc(-c4ccc(N(c5ccccc5)c5ccccc5)cc4)cc3)c([N+](=O)[O-])c([N+](=O)[O-])c(-c3ccc(-c4ccc(N(c5ccccc5)c5ccccc5)cc4)cc3)c2n1.CC(C)Cn1nc2c(Br)c([N+](=O)[O-])c([N+](=O)[O-])c(Br)c2n1. The first-order chi connectivity index (χ1) is 43.4. The molecule has 0 amide bonds. The van der Waals surface area contributed by atoms with Gasteiger partial charge in [0.1, 0.15) is 31.0 Å². The van der Waals surface area contributed by atoms with Crippen molar-refractivity contribution in [3.05, 3.63) is 268 Å². The quantitative estimate of drug-likeness (QED) is 0.0573. The Labute approximate surface area is 532 Å². The third-order valence-corrected chi connectivity index (χ3v) is 16.1. The minimum Gasteiger partial charge on any atom is -0.311 e. The summed E-state index contributed by atoms with van der Waals surface area (Å²) in [6.45, 7) is 8.84. The predicted molar refractivity (Wildman–Crippen MR) is 358 cm³/mol. The Morgan fingerprint density at radius 1 is 0.333 bits per heavy atom. The highest BCUT2D eigenvalue weighted by molar-refractivity contribution is 9.11. The second-order valence-corrected chi connectivity index (χ2v) is 23.3. The van der Waals surface area contributed by atoms with Gasteiger partial charge in [0.2, 0.25) is 0 Å². The summed E-state index contributed by atoms with van der Waals surface area (Å²) < 4.78 is -0.0974. The first-order valence-electron chi connectivity index (χ1n) is 28.5. The Balaban J connectivity index is 0.000000336. The lowest BCUT2D eigenvalue weighted by Crippen LogP contribution is -2.09. The van der Waals surface area contributed by atoms with Crippen LogP contribution in [0.15, 0.2) is 227 Å². The van der Waals surface area contributed by atoms with Crippen LogP contribution in [0.25, 0.3) is 66.6 Å². The smallest absolute Gasteiger partial charge is 0.311 e. The van der Waals surface area contributed by atoms with Gasteiger partial charge in [0.15, 0.2) is 0 Å². The number of rotatable bonds is 18. The molecule has 0 radical (unpaired) electrons. The lowest BCUT2D eigenvalue weighted by molar-refractivity contribution is -0.423. The van der Waals surface area contributed by atoms with E-state index in [1.807, 2.05) is 149 Å². The summed E-state index contributed by atoms with van der Waals surface area (Å²) in [5, 5.41) is 66.7. The molecule has 0 atom stereocenters. The Kier molecular flexibility index (Phi) is 17.7. The van der Waals surface area contributed by atoms with Crippen molar-refractivity contribution in [3.63, 3.8) is 0 Å². The van der Waals surface area contributed by atoms with Gasteiger partial charge >= 0.3 is 22.7 Å². The molecule has 0 fully saturated rings. The zero-order valence-corrected chi connectivity index (χ0v) is 51.9. The molecule has 0 aliphatic carbocycles. The summed E-state index contributed by atoms with van der Waals surface area (Å²) in [6.07, 6.45) is 0. The van der Waals surface area contributed by atoms with Crippen LogP contribution >= 0.6 is 31.9 Å². The van der Waals surface area contributed by atoms with Crippen molar-refractivity contribution in [2.24, 2.45) is 11.8 Å². The molecule has 0 unspecified atom stereocenters. The van der Waals surface area contributed by atoms with Crippen LogP contribution in [0.4, 0.5) is 56.9 Å². The molecule has 0 saturated heterocycles. The molecule has 0 aliphatic rings. The third-order valence-electron chi connectivity index (χ3n) is 14.6. The zero-order valence-electron chi connectivity index (χ0n) is 48.7. The number of benzene rings is 10. The summed E-state index contributed by atoms with van der Waals surface area (Å²) >= 11 is 6.07. The van der Waals surface area contributed by atoms with Gasteiger partial charge in [0.05, 0.1) is 43.9 Å². The van der Waals surface area contributed by atoms with Crippen LogP contribution in [-0.2, 0) is 13.1 Å². The van der Waals surface area contributed by atoms with Crippen molar-refractivity contribution in [1.82, 2.24) is 30.0 Å². The fraction of sp³-hybridized carbons (Fsp3) is 0.118. The van der Waals surface area contributed by atoms with Gasteiger partial charge in [-0.1, -0.05) is 173 Å². The first kappa shape index (κ1) is 60.8. The van der Waals surface area contributed by atoms with E-state index in [-0.39, 0.29) is 54.0 Å². The van der Waals surface area contributed by atoms with E-state index >= 15 is 0 Å². The van der Waals surface area contributed by atoms with Crippen molar-refractivity contribution < 1.29 is 19.7 Å². The van der Waals surface area contributed by atoms with Gasteiger partial charge in [-0.15, -0.1) is 0 Å². The molecular formula is C68H54Br2N12O8. The molecule has 0 spiro atoms. The second kappa shape index (κ2) is 26.2. The maximum absolute atomic E-state index is 13.2. The Hall–Kier alpha value is -10.8. The van der Waals surface area contributed by atoms with E-state index in [0.717, 1.165) is 56.4 Å². The van der Waals surface area contributed by atoms with Gasteiger partial charge in [-0.25, -0.2) is 0 Å². The van der Waals surface area contributed by atoms with E-state index in [1.165, 1.54) is 9.59 Å². The molecule has 0 N–H and O–H groups in total. The zero-order chi connectivity index (χ0) is 63.3. The fourth-order valence-corrected chi connectivity index (χ4v) is 11.9. The molecule has 10 aromatic carbocycles. The van der Waals surface area contributed by atoms with Gasteiger partial charge in [-0.05, 0) is 150 Å². The van der Waals surface area contributed by atoms with Crippen LogP contribution in [-0.4, -0.2) is 49.7 Å². The number of halogens is 2. The predicted octanol–water partition coefficient (Wildman–Crippen LogP) is 18.9. The van der Waals surface area contributed by atoms with Crippen LogP contribution in [0.3, 0.4) is 0 Å². The molecule has 20 nitrogen and oxygen atoms in total. The maximum Gasteiger partial charge on any atom is 0.363 e. The van der Waals surface area contributed by atoms with E-state index in [2.05, 4.69) is 125 Å². The number of para-hydroxylation sites is 4. The molecule has 0 saturated carbocycles. The summed E-state index contributed by atoms with van der Waals surface area (Å²) in [4.78, 5) is 53.0. The maximum atomic E-state index is 13.2. The number of nitro groups is 4. The average Bonchev–Trinajstić information content (AvgIpc) is 1.43. The van der Waals surface area contributed by atoms with E-state index in [1.54, 1.807) is 24.3 Å². The number of fused-ring (bicyclic) bond motifs is 2. The van der Waals surface area contributed by atoms with Crippen LogP contribution in [0.1, 0.15) is 27.7 Å². The third kappa shape index (κ3) is 12.5. The number of aromatic nitrogens is 6. The molecule has 0 aliphatic heterocycles. The van der Waals surface area contributed by atoms with Crippen molar-refractivity contribution in [1.29, 1.82) is 0 Å². The van der Waals surface area contributed by atoms with E-state index in [0.29, 0.717) is 24.2 Å². The van der Waals surface area contributed by atoms with Crippen LogP contribution in [0, 0.1) is 52.3 Å². The van der Waals surface area contributed by atoms with Gasteiger partial charge in [-0.3, -0.25) is 40.5 Å². The topological polar surface area (TPSA) is 240 Å². The highest BCUT2D eigenvalue weighted by Gasteiger charge is 2.40. The summed E-state index contributed by atoms with van der Waals surface area (Å²) in [5.41, 5.74) is 8.80. The van der Waals surface area contributed by atoms with Crippen molar-refractivity contribution in [2.75, 3.05) is 9.80 Å². The summed E-state index contributed by atoms with van der Waals surface area (Å²) in [6, 6.07) is 71.5. The van der Waals surface area contributed by atoms with E-state index in [9.17, 15) is 40.5 Å². The van der Waals surface area contributed by atoms with Crippen LogP contribution in [0.5, 0.6) is 0 Å². The number of hydrogen-bond acceptors (Lipinski definition) is 14. The monoisotopic (exact) mass is 1320 g/mol. The van der Waals surface area contributed by atoms with E-state index < -0.39 is 42.4 Å². The molecule has 0 bridgehead atoms. The fourth-order valence-electron chi connectivity index (χ4n) is 10.7. The molecule has 12 rings (SSSR count). The van der Waals surface area contributed by atoms with E-state index in [4.69, 9.17) is 10.2 Å². The average molecular weight is 1330 g/mol. The normalized spacial score (nSPS) is 11.2. The minimum atomic E-state index is -0.812. The Morgan fingerprint density at radius 3 is 0.800 bits per heavy atom. The number of anilines is 6. The molecule has 2 heterocycles. The van der Waals surface area contributed by atoms with Gasteiger partial charge < -0.3 is 9.80 Å². The molecule has 2 aromatic heterocycles. The highest BCUT2D eigenvalue weighted by atomic mass is 79.9. The van der Waals surface area contributed by atoms with Crippen molar-refractivity contribution >= 4 is 111 Å². The molecule has 22 heteroatoms. The summed E-state index contributed by atoms with van der Waals surface area (Å²) in [7, 11) is 0. The van der Waals surface area contributed by atoms with Gasteiger partial charge in [0.25, 0.3) is 0 Å². The van der Waals surface area contributed by atoms with Crippen molar-refractivity contribution in [2.45, 2.75) is 40.8 Å². The number of nitro benzene ring substituents is 4. The Bertz CT molecular complexity index is 4260. The van der Waals surface area contributed by atoms with Crippen LogP contribution in [0.2, 0.25) is 0 Å². The largest absolute Gasteiger partial charge is 0.363 e. The standard InChI is InChI=1S/C58H45N7O4.C10H9Br2N5O4/c1-40(2)39-61-59-55-53(45-27-23-41(24-28-45)43-31-35-51(36-32-43)62(47-15-7-3-8-16-47)48-17-9-4-10-18-48)57(64(66)67)58(65(68)69)54(56(55)60-61)46-29-25-42(26-30-46)44-33-37-52(38-34-44)63(49-19-11-5-12-20-49)50-21-13-6-14-22-50;1-4(2)3-15-13-7-5(11)9(16(18)19)10(17(20)21)6(12)8(7)14-15/h3-38,40H,39H2,1-2H3;4H,3H2,1-2H3. The van der Waals surface area contributed by atoms with Gasteiger partial charge in [-0.2, -0.15) is 30.0 Å². The minimum absolute atomic E-state index is 0.0421. The lowest BCUT2D eigenvalue weighted by Gasteiger charge is -2.25. The summed E-state index contributed by atoms with van der Waals surface area (Å²) in [5.74, 6) is 0.384. The number of hydrogen-bond donors (Lipinski definition) is 0. The van der Waals surface area contributed by atoms with Crippen LogP contribution < -0.4 is 9.80 Å². The lowest BCUT2D eigenvalue weighted by atomic mass is 9.92. The molecule has 12 aromatic rings. The second-order valence-electron chi connectivity index (χ2n) is 21.8. The molecular weight excluding hydrogens is 1270 g/mol. The molecule has 90 heavy (non-hydrogen) atoms.